The molecule has 1 aliphatic heterocycles. The molecule has 1 heterocycles. The van der Waals surface area contributed by atoms with Crippen LogP contribution in [0, 0.1) is 11.3 Å². The van der Waals surface area contributed by atoms with Crippen LogP contribution in [0.25, 0.3) is 0 Å². The number of hydrogen-bond donors (Lipinski definition) is 1. The van der Waals surface area contributed by atoms with Crippen molar-refractivity contribution in [1.29, 1.82) is 0 Å². The predicted molar refractivity (Wildman–Crippen MR) is 83.6 cm³/mol. The number of rotatable bonds is 4. The van der Waals surface area contributed by atoms with Crippen molar-refractivity contribution in [1.82, 2.24) is 0 Å². The van der Waals surface area contributed by atoms with Crippen LogP contribution in [0.1, 0.15) is 39.2 Å². The Morgan fingerprint density at radius 3 is 2.68 bits per heavy atom. The van der Waals surface area contributed by atoms with Crippen LogP contribution >= 0.6 is 0 Å². The van der Waals surface area contributed by atoms with E-state index in [1.54, 1.807) is 0 Å². The Morgan fingerprint density at radius 2 is 2.05 bits per heavy atom. The second-order valence-electron chi connectivity index (χ2n) is 6.46. The van der Waals surface area contributed by atoms with Crippen molar-refractivity contribution < 1.29 is 0 Å². The molecule has 0 amide bonds. The molecule has 2 heteroatoms. The van der Waals surface area contributed by atoms with E-state index < -0.39 is 0 Å². The Kier molecular flexibility index (Phi) is 4.51. The van der Waals surface area contributed by atoms with Gasteiger partial charge in [-0.1, -0.05) is 39.0 Å². The van der Waals surface area contributed by atoms with E-state index >= 15 is 0 Å². The Hall–Kier alpha value is -1.02. The lowest BCUT2D eigenvalue weighted by Crippen LogP contribution is -2.46. The van der Waals surface area contributed by atoms with Crippen molar-refractivity contribution in [3.8, 4) is 0 Å². The molecular weight excluding hydrogens is 232 g/mol. The van der Waals surface area contributed by atoms with Crippen LogP contribution < -0.4 is 10.6 Å². The Labute approximate surface area is 118 Å². The monoisotopic (exact) mass is 260 g/mol. The second-order valence-corrected chi connectivity index (χ2v) is 6.46. The van der Waals surface area contributed by atoms with Gasteiger partial charge in [-0.3, -0.25) is 0 Å². The smallest absolute Gasteiger partial charge is 0.0398 e. The van der Waals surface area contributed by atoms with Crippen LogP contribution in [0.2, 0.25) is 0 Å². The zero-order valence-corrected chi connectivity index (χ0v) is 12.7. The SMILES string of the molecule is CCc1ccccc1N1CCC(CCN)C(C)(C)C1. The minimum absolute atomic E-state index is 0.360. The molecule has 0 bridgehead atoms. The van der Waals surface area contributed by atoms with Gasteiger partial charge in [0.15, 0.2) is 0 Å². The lowest BCUT2D eigenvalue weighted by Gasteiger charge is -2.46. The third kappa shape index (κ3) is 3.11. The molecular formula is C17H28N2. The summed E-state index contributed by atoms with van der Waals surface area (Å²) in [5.74, 6) is 0.766. The molecule has 2 nitrogen and oxygen atoms in total. The van der Waals surface area contributed by atoms with Crippen molar-refractivity contribution in [3.05, 3.63) is 29.8 Å². The fourth-order valence-electron chi connectivity index (χ4n) is 3.46. The summed E-state index contributed by atoms with van der Waals surface area (Å²) in [6.45, 7) is 10.2. The van der Waals surface area contributed by atoms with Gasteiger partial charge in [0, 0.05) is 18.8 Å². The van der Waals surface area contributed by atoms with Gasteiger partial charge in [-0.2, -0.15) is 0 Å². The van der Waals surface area contributed by atoms with Gasteiger partial charge in [-0.25, -0.2) is 0 Å². The molecule has 0 aromatic heterocycles. The van der Waals surface area contributed by atoms with Gasteiger partial charge in [0.25, 0.3) is 0 Å². The molecule has 1 fully saturated rings. The van der Waals surface area contributed by atoms with E-state index in [0.29, 0.717) is 5.41 Å². The third-order valence-electron chi connectivity index (χ3n) is 4.68. The van der Waals surface area contributed by atoms with Crippen LogP contribution in [-0.4, -0.2) is 19.6 Å². The van der Waals surface area contributed by atoms with Gasteiger partial charge in [0.2, 0.25) is 0 Å². The normalized spacial score (nSPS) is 22.5. The number of hydrogen-bond acceptors (Lipinski definition) is 2. The highest BCUT2D eigenvalue weighted by atomic mass is 15.1. The van der Waals surface area contributed by atoms with Gasteiger partial charge in [-0.05, 0) is 48.8 Å². The summed E-state index contributed by atoms with van der Waals surface area (Å²) >= 11 is 0. The average molecular weight is 260 g/mol. The molecule has 1 unspecified atom stereocenters. The highest BCUT2D eigenvalue weighted by Gasteiger charge is 2.35. The van der Waals surface area contributed by atoms with E-state index in [1.165, 1.54) is 24.2 Å². The first-order valence-corrected chi connectivity index (χ1v) is 7.61. The molecule has 0 spiro atoms. The molecule has 0 aliphatic carbocycles. The van der Waals surface area contributed by atoms with E-state index in [4.69, 9.17) is 5.73 Å². The number of para-hydroxylation sites is 1. The fraction of sp³-hybridized carbons (Fsp3) is 0.647. The summed E-state index contributed by atoms with van der Waals surface area (Å²) in [4.78, 5) is 2.58. The summed E-state index contributed by atoms with van der Waals surface area (Å²) < 4.78 is 0. The largest absolute Gasteiger partial charge is 0.371 e. The summed E-state index contributed by atoms with van der Waals surface area (Å²) in [6.07, 6.45) is 3.54. The van der Waals surface area contributed by atoms with Crippen molar-refractivity contribution >= 4 is 5.69 Å². The van der Waals surface area contributed by atoms with Crippen molar-refractivity contribution in [2.75, 3.05) is 24.5 Å². The Bertz CT molecular complexity index is 411. The minimum Gasteiger partial charge on any atom is -0.371 e. The first kappa shape index (κ1) is 14.4. The molecule has 19 heavy (non-hydrogen) atoms. The number of aryl methyl sites for hydroxylation is 1. The predicted octanol–water partition coefficient (Wildman–Crippen LogP) is 3.45. The zero-order chi connectivity index (χ0) is 13.9. The van der Waals surface area contributed by atoms with Crippen molar-refractivity contribution in [2.45, 2.75) is 40.0 Å². The minimum atomic E-state index is 0.360. The summed E-state index contributed by atoms with van der Waals surface area (Å²) in [5.41, 5.74) is 9.02. The van der Waals surface area contributed by atoms with Crippen molar-refractivity contribution in [3.63, 3.8) is 0 Å². The molecule has 1 aromatic rings. The van der Waals surface area contributed by atoms with Gasteiger partial charge in [0.05, 0.1) is 0 Å². The van der Waals surface area contributed by atoms with E-state index in [9.17, 15) is 0 Å². The maximum atomic E-state index is 5.76. The second kappa shape index (κ2) is 5.96. The van der Waals surface area contributed by atoms with Gasteiger partial charge >= 0.3 is 0 Å². The van der Waals surface area contributed by atoms with E-state index in [-0.39, 0.29) is 0 Å². The molecule has 1 aliphatic rings. The number of piperidine rings is 1. The molecule has 2 rings (SSSR count). The molecule has 2 N–H and O–H groups in total. The molecule has 1 saturated heterocycles. The van der Waals surface area contributed by atoms with Crippen LogP contribution in [0.3, 0.4) is 0 Å². The van der Waals surface area contributed by atoms with Gasteiger partial charge in [-0.15, -0.1) is 0 Å². The summed E-state index contributed by atoms with van der Waals surface area (Å²) in [6, 6.07) is 8.84. The Morgan fingerprint density at radius 1 is 1.32 bits per heavy atom. The number of anilines is 1. The molecule has 1 atom stereocenters. The van der Waals surface area contributed by atoms with Crippen molar-refractivity contribution in [2.24, 2.45) is 17.1 Å². The fourth-order valence-corrected chi connectivity index (χ4v) is 3.46. The number of nitrogens with zero attached hydrogens (tertiary/aromatic N) is 1. The lowest BCUT2D eigenvalue weighted by molar-refractivity contribution is 0.167. The summed E-state index contributed by atoms with van der Waals surface area (Å²) in [7, 11) is 0. The summed E-state index contributed by atoms with van der Waals surface area (Å²) in [5, 5.41) is 0. The van der Waals surface area contributed by atoms with E-state index in [0.717, 1.165) is 31.8 Å². The van der Waals surface area contributed by atoms with E-state index in [2.05, 4.69) is 49.9 Å². The van der Waals surface area contributed by atoms with Crippen LogP contribution in [0.4, 0.5) is 5.69 Å². The zero-order valence-electron chi connectivity index (χ0n) is 12.7. The average Bonchev–Trinajstić information content (AvgIpc) is 2.41. The topological polar surface area (TPSA) is 29.3 Å². The third-order valence-corrected chi connectivity index (χ3v) is 4.68. The number of benzene rings is 1. The lowest BCUT2D eigenvalue weighted by atomic mass is 9.72. The van der Waals surface area contributed by atoms with Crippen LogP contribution in [-0.2, 0) is 6.42 Å². The van der Waals surface area contributed by atoms with Gasteiger partial charge in [0.1, 0.15) is 0 Å². The highest BCUT2D eigenvalue weighted by molar-refractivity contribution is 5.54. The van der Waals surface area contributed by atoms with Gasteiger partial charge < -0.3 is 10.6 Å². The van der Waals surface area contributed by atoms with Crippen LogP contribution in [0.5, 0.6) is 0 Å². The van der Waals surface area contributed by atoms with E-state index in [1.807, 2.05) is 0 Å². The first-order chi connectivity index (χ1) is 9.08. The number of nitrogens with two attached hydrogens (primary N) is 1. The standard InChI is InChI=1S/C17H28N2/c1-4-14-7-5-6-8-16(14)19-12-10-15(9-11-18)17(2,3)13-19/h5-8,15H,4,9-13,18H2,1-3H3. The maximum Gasteiger partial charge on any atom is 0.0398 e. The Balaban J connectivity index is 2.16. The molecule has 0 radical (unpaired) electrons. The quantitative estimate of drug-likeness (QED) is 0.898. The first-order valence-electron chi connectivity index (χ1n) is 7.61. The molecule has 106 valence electrons. The highest BCUT2D eigenvalue weighted by Crippen LogP contribution is 2.39. The maximum absolute atomic E-state index is 5.76. The molecule has 1 aromatic carbocycles. The van der Waals surface area contributed by atoms with Crippen LogP contribution in [0.15, 0.2) is 24.3 Å². The molecule has 0 saturated carbocycles.